The van der Waals surface area contributed by atoms with Gasteiger partial charge >= 0.3 is 5.97 Å². The molecule has 0 aliphatic carbocycles. The van der Waals surface area contributed by atoms with Crippen LogP contribution in [0, 0.1) is 13.8 Å². The van der Waals surface area contributed by atoms with Crippen molar-refractivity contribution in [3.63, 3.8) is 0 Å². The maximum Gasteiger partial charge on any atom is 0.339 e. The van der Waals surface area contributed by atoms with Gasteiger partial charge in [-0.25, -0.2) is 4.79 Å². The number of H-pyrrole nitrogens is 1. The molecule has 0 spiro atoms. The molecule has 7 heteroatoms. The highest BCUT2D eigenvalue weighted by Gasteiger charge is 2.30. The number of benzene rings is 1. The summed E-state index contributed by atoms with van der Waals surface area (Å²) in [6, 6.07) is 7.71. The number of aromatic amines is 1. The number of Topliss-reactive ketones (excluding diaryl/α,β-unsaturated/α-hetero) is 1. The molecule has 1 N–H and O–H groups in total. The Morgan fingerprint density at radius 1 is 1.07 bits per heavy atom. The van der Waals surface area contributed by atoms with Gasteiger partial charge in [0.25, 0.3) is 0 Å². The van der Waals surface area contributed by atoms with Crippen LogP contribution in [-0.2, 0) is 4.74 Å². The van der Waals surface area contributed by atoms with Gasteiger partial charge in [-0.3, -0.25) is 9.69 Å². The number of nitrogens with one attached hydrogen (secondary N) is 1. The predicted molar refractivity (Wildman–Crippen MR) is 112 cm³/mol. The lowest BCUT2D eigenvalue weighted by atomic mass is 10.0. The van der Waals surface area contributed by atoms with Gasteiger partial charge in [0.2, 0.25) is 0 Å². The van der Waals surface area contributed by atoms with E-state index in [2.05, 4.69) is 20.9 Å². The zero-order valence-corrected chi connectivity index (χ0v) is 17.7. The molecule has 1 aromatic heterocycles. The number of hydrogen-bond donors (Lipinski definition) is 1. The van der Waals surface area contributed by atoms with Crippen LogP contribution in [0.1, 0.15) is 39.0 Å². The number of esters is 1. The Hall–Kier alpha value is -2.80. The number of aromatic nitrogens is 1. The Kier molecular flexibility index (Phi) is 6.27. The highest BCUT2D eigenvalue weighted by atomic mass is 16.5. The summed E-state index contributed by atoms with van der Waals surface area (Å²) >= 11 is 0. The lowest BCUT2D eigenvalue weighted by molar-refractivity contribution is 0.0599. The van der Waals surface area contributed by atoms with Crippen molar-refractivity contribution >= 4 is 17.4 Å². The first-order valence-corrected chi connectivity index (χ1v) is 9.82. The summed E-state index contributed by atoms with van der Waals surface area (Å²) in [5, 5.41) is 0. The average molecular weight is 399 g/mol. The average Bonchev–Trinajstić information content (AvgIpc) is 3.06. The van der Waals surface area contributed by atoms with E-state index in [4.69, 9.17) is 9.47 Å². The van der Waals surface area contributed by atoms with E-state index in [1.54, 1.807) is 21.0 Å². The summed E-state index contributed by atoms with van der Waals surface area (Å²) in [7, 11) is 3.03. The van der Waals surface area contributed by atoms with E-state index in [1.807, 2.05) is 25.1 Å². The molecule has 1 aliphatic heterocycles. The van der Waals surface area contributed by atoms with E-state index in [0.29, 0.717) is 22.5 Å². The SMILES string of the molecule is COC(=O)c1c(C)[nH]c(C(=O)[C@@H](C)N2CCN(c3ccccc3OC)CC2)c1C. The van der Waals surface area contributed by atoms with Crippen molar-refractivity contribution in [2.45, 2.75) is 26.8 Å². The minimum atomic E-state index is -0.423. The molecule has 1 atom stereocenters. The number of anilines is 1. The number of aryl methyl sites for hydroxylation is 1. The van der Waals surface area contributed by atoms with E-state index in [0.717, 1.165) is 37.6 Å². The molecule has 0 radical (unpaired) electrons. The number of rotatable bonds is 6. The first-order valence-electron chi connectivity index (χ1n) is 9.82. The zero-order chi connectivity index (χ0) is 21.1. The van der Waals surface area contributed by atoms with Crippen LogP contribution in [-0.4, -0.2) is 68.1 Å². The number of ketones is 1. The number of nitrogens with zero attached hydrogens (tertiary/aromatic N) is 2. The molecule has 2 aromatic rings. The van der Waals surface area contributed by atoms with Gasteiger partial charge in [0.1, 0.15) is 5.75 Å². The molecule has 2 heterocycles. The Balaban J connectivity index is 1.70. The summed E-state index contributed by atoms with van der Waals surface area (Å²) in [5.74, 6) is 0.428. The molecule has 0 unspecified atom stereocenters. The van der Waals surface area contributed by atoms with Crippen molar-refractivity contribution in [2.75, 3.05) is 45.3 Å². The van der Waals surface area contributed by atoms with Crippen LogP contribution in [0.5, 0.6) is 5.75 Å². The second kappa shape index (κ2) is 8.69. The van der Waals surface area contributed by atoms with Gasteiger partial charge < -0.3 is 19.4 Å². The first-order chi connectivity index (χ1) is 13.9. The molecule has 1 saturated heterocycles. The first kappa shape index (κ1) is 20.9. The Labute approximate surface area is 171 Å². The van der Waals surface area contributed by atoms with Crippen LogP contribution in [0.3, 0.4) is 0 Å². The van der Waals surface area contributed by atoms with E-state index in [-0.39, 0.29) is 11.8 Å². The maximum atomic E-state index is 13.1. The highest BCUT2D eigenvalue weighted by Crippen LogP contribution is 2.29. The molecular formula is C22H29N3O4. The minimum absolute atomic E-state index is 0.00788. The second-order valence-corrected chi connectivity index (χ2v) is 7.35. The molecule has 0 bridgehead atoms. The fourth-order valence-corrected chi connectivity index (χ4v) is 4.02. The lowest BCUT2D eigenvalue weighted by Gasteiger charge is -2.38. The summed E-state index contributed by atoms with van der Waals surface area (Å²) < 4.78 is 10.3. The number of methoxy groups -OCH3 is 2. The molecule has 3 rings (SSSR count). The van der Waals surface area contributed by atoms with E-state index >= 15 is 0 Å². The minimum Gasteiger partial charge on any atom is -0.495 e. The molecule has 1 aliphatic rings. The zero-order valence-electron chi connectivity index (χ0n) is 17.7. The Morgan fingerprint density at radius 2 is 1.72 bits per heavy atom. The van der Waals surface area contributed by atoms with Gasteiger partial charge in [0, 0.05) is 31.9 Å². The van der Waals surface area contributed by atoms with Gasteiger partial charge in [0.05, 0.1) is 37.2 Å². The normalized spacial score (nSPS) is 15.8. The van der Waals surface area contributed by atoms with Crippen LogP contribution < -0.4 is 9.64 Å². The third-order valence-corrected chi connectivity index (χ3v) is 5.74. The second-order valence-electron chi connectivity index (χ2n) is 7.35. The number of piperazine rings is 1. The van der Waals surface area contributed by atoms with Crippen molar-refractivity contribution in [2.24, 2.45) is 0 Å². The summed E-state index contributed by atoms with van der Waals surface area (Å²) in [4.78, 5) is 32.7. The quantitative estimate of drug-likeness (QED) is 0.595. The Bertz CT molecular complexity index is 897. The topological polar surface area (TPSA) is 74.9 Å². The smallest absolute Gasteiger partial charge is 0.339 e. The van der Waals surface area contributed by atoms with Gasteiger partial charge in [-0.2, -0.15) is 0 Å². The van der Waals surface area contributed by atoms with Gasteiger partial charge in [-0.1, -0.05) is 12.1 Å². The molecule has 29 heavy (non-hydrogen) atoms. The summed E-state index contributed by atoms with van der Waals surface area (Å²) in [6.07, 6.45) is 0. The number of para-hydroxylation sites is 2. The third kappa shape index (κ3) is 4.00. The molecule has 1 fully saturated rings. The number of carbonyl (C=O) groups excluding carboxylic acids is 2. The van der Waals surface area contributed by atoms with E-state index < -0.39 is 5.97 Å². The predicted octanol–water partition coefficient (Wildman–Crippen LogP) is 2.82. The van der Waals surface area contributed by atoms with Crippen molar-refractivity contribution in [3.8, 4) is 5.75 Å². The summed E-state index contributed by atoms with van der Waals surface area (Å²) in [5.41, 5.74) is 3.32. The Morgan fingerprint density at radius 3 is 2.34 bits per heavy atom. The van der Waals surface area contributed by atoms with Crippen molar-refractivity contribution < 1.29 is 19.1 Å². The molecule has 7 nitrogen and oxygen atoms in total. The van der Waals surface area contributed by atoms with Gasteiger partial charge in [-0.15, -0.1) is 0 Å². The van der Waals surface area contributed by atoms with E-state index in [1.165, 1.54) is 7.11 Å². The molecule has 1 aromatic carbocycles. The van der Waals surface area contributed by atoms with Crippen LogP contribution in [0.15, 0.2) is 24.3 Å². The molecule has 0 amide bonds. The van der Waals surface area contributed by atoms with Crippen LogP contribution >= 0.6 is 0 Å². The fraction of sp³-hybridized carbons (Fsp3) is 0.455. The van der Waals surface area contributed by atoms with Crippen LogP contribution in [0.2, 0.25) is 0 Å². The largest absolute Gasteiger partial charge is 0.495 e. The number of ether oxygens (including phenoxy) is 2. The van der Waals surface area contributed by atoms with Crippen LogP contribution in [0.4, 0.5) is 5.69 Å². The van der Waals surface area contributed by atoms with Crippen LogP contribution in [0.25, 0.3) is 0 Å². The number of carbonyl (C=O) groups is 2. The maximum absolute atomic E-state index is 13.1. The number of hydrogen-bond acceptors (Lipinski definition) is 6. The third-order valence-electron chi connectivity index (χ3n) is 5.74. The van der Waals surface area contributed by atoms with Crippen molar-refractivity contribution in [1.82, 2.24) is 9.88 Å². The molecule has 156 valence electrons. The summed E-state index contributed by atoms with van der Waals surface area (Å²) in [6.45, 7) is 8.67. The van der Waals surface area contributed by atoms with Crippen molar-refractivity contribution in [3.05, 3.63) is 46.8 Å². The monoisotopic (exact) mass is 399 g/mol. The molecular weight excluding hydrogens is 370 g/mol. The fourth-order valence-electron chi connectivity index (χ4n) is 4.02. The van der Waals surface area contributed by atoms with Crippen molar-refractivity contribution in [1.29, 1.82) is 0 Å². The highest BCUT2D eigenvalue weighted by molar-refractivity contribution is 6.03. The van der Waals surface area contributed by atoms with Gasteiger partial charge in [-0.05, 0) is 38.5 Å². The molecule has 0 saturated carbocycles. The standard InChI is InChI=1S/C22H29N3O4/c1-14-19(22(27)29-5)15(2)23-20(14)21(26)16(3)24-10-12-25(13-11-24)17-8-6-7-9-18(17)28-4/h6-9,16,23H,10-13H2,1-5H3/t16-/m1/s1. The van der Waals surface area contributed by atoms with Gasteiger partial charge in [0.15, 0.2) is 5.78 Å². The lowest BCUT2D eigenvalue weighted by Crippen LogP contribution is -2.52. The van der Waals surface area contributed by atoms with E-state index in [9.17, 15) is 9.59 Å².